The summed E-state index contributed by atoms with van der Waals surface area (Å²) in [6, 6.07) is 0. The van der Waals surface area contributed by atoms with Gasteiger partial charge in [-0.3, -0.25) is 10.8 Å². The van der Waals surface area contributed by atoms with Gasteiger partial charge >= 0.3 is 0 Å². The summed E-state index contributed by atoms with van der Waals surface area (Å²) < 4.78 is 0. The molecular weight excluding hydrogens is 523 g/mol. The molecule has 0 spiro atoms. The van der Waals surface area contributed by atoms with E-state index in [0.29, 0.717) is 17.8 Å². The molecule has 2 unspecified atom stereocenters. The van der Waals surface area contributed by atoms with Crippen LogP contribution in [0.5, 0.6) is 0 Å². The third-order valence-electron chi connectivity index (χ3n) is 6.74. The van der Waals surface area contributed by atoms with E-state index in [-0.39, 0.29) is 42.7 Å². The summed E-state index contributed by atoms with van der Waals surface area (Å²) in [4.78, 5) is 12.1. The third-order valence-corrected chi connectivity index (χ3v) is 6.74. The fourth-order valence-electron chi connectivity index (χ4n) is 4.39. The number of nitrogens with one attached hydrogen (secondary N) is 2. The summed E-state index contributed by atoms with van der Waals surface area (Å²) in [7, 11) is 0. The number of guanidine groups is 4. The highest BCUT2D eigenvalue weighted by atomic mass is 35.5. The van der Waals surface area contributed by atoms with E-state index in [9.17, 15) is 0 Å². The minimum atomic E-state index is -0.258. The van der Waals surface area contributed by atoms with Crippen molar-refractivity contribution in [2.24, 2.45) is 44.8 Å². The molecule has 0 aromatic carbocycles. The summed E-state index contributed by atoms with van der Waals surface area (Å²) in [5, 5.41) is 15.8. The van der Waals surface area contributed by atoms with Crippen LogP contribution in [0.2, 0.25) is 0 Å². The Morgan fingerprint density at radius 1 is 0.658 bits per heavy atom. The van der Waals surface area contributed by atoms with Crippen LogP contribution in [0, 0.1) is 22.7 Å². The number of nitrogens with zero attached hydrogens (tertiary/aromatic N) is 4. The first kappa shape index (κ1) is 40.6. The van der Waals surface area contributed by atoms with Gasteiger partial charge in [-0.2, -0.15) is 9.98 Å². The SMILES string of the molecule is CCCCC(CC)CN(CCCCCCN(CC(CC)CCCC)C(N)=NC(=N)N)C(=N)N=C(N)N.Cl.Cl. The topological polar surface area (TPSA) is 183 Å². The predicted octanol–water partition coefficient (Wildman–Crippen LogP) is 4.84. The molecule has 0 heterocycles. The highest BCUT2D eigenvalue weighted by molar-refractivity contribution is 5.92. The highest BCUT2D eigenvalue weighted by Gasteiger charge is 2.17. The second-order valence-corrected chi connectivity index (χ2v) is 9.85. The largest absolute Gasteiger partial charge is 0.370 e. The van der Waals surface area contributed by atoms with Crippen LogP contribution in [0.4, 0.5) is 0 Å². The van der Waals surface area contributed by atoms with Crippen LogP contribution in [-0.2, 0) is 0 Å². The van der Waals surface area contributed by atoms with E-state index in [0.717, 1.165) is 71.1 Å². The van der Waals surface area contributed by atoms with Crippen molar-refractivity contribution in [3.05, 3.63) is 0 Å². The summed E-state index contributed by atoms with van der Waals surface area (Å²) in [6.45, 7) is 12.1. The van der Waals surface area contributed by atoms with E-state index in [4.69, 9.17) is 33.8 Å². The lowest BCUT2D eigenvalue weighted by Gasteiger charge is -2.28. The zero-order valence-corrected chi connectivity index (χ0v) is 26.0. The quantitative estimate of drug-likeness (QED) is 0.0720. The third kappa shape index (κ3) is 20.1. The molecule has 0 bridgehead atoms. The zero-order valence-electron chi connectivity index (χ0n) is 24.4. The maximum absolute atomic E-state index is 8.35. The zero-order chi connectivity index (χ0) is 27.3. The fraction of sp³-hybridized carbons (Fsp3) is 0.846. The Morgan fingerprint density at radius 3 is 1.50 bits per heavy atom. The molecule has 0 amide bonds. The first-order valence-electron chi connectivity index (χ1n) is 14.0. The van der Waals surface area contributed by atoms with E-state index < -0.39 is 0 Å². The average molecular weight is 582 g/mol. The van der Waals surface area contributed by atoms with Crippen molar-refractivity contribution in [1.82, 2.24) is 9.80 Å². The van der Waals surface area contributed by atoms with Crippen LogP contribution in [0.15, 0.2) is 9.98 Å². The van der Waals surface area contributed by atoms with Crippen molar-refractivity contribution in [2.45, 2.75) is 105 Å². The van der Waals surface area contributed by atoms with Gasteiger partial charge in [0.25, 0.3) is 0 Å². The average Bonchev–Trinajstić information content (AvgIpc) is 2.82. The lowest BCUT2D eigenvalue weighted by Crippen LogP contribution is -2.42. The molecule has 0 aliphatic rings. The molecule has 0 saturated heterocycles. The van der Waals surface area contributed by atoms with Crippen LogP contribution >= 0.6 is 24.8 Å². The molecule has 0 fully saturated rings. The van der Waals surface area contributed by atoms with Crippen LogP contribution in [-0.4, -0.2) is 59.8 Å². The van der Waals surface area contributed by atoms with Gasteiger partial charge in [-0.25, -0.2) is 0 Å². The Hall–Kier alpha value is -1.94. The number of aliphatic imine (C=N–C) groups is 2. The maximum Gasteiger partial charge on any atom is 0.221 e. The molecule has 0 aromatic heterocycles. The number of rotatable bonds is 19. The molecule has 12 heteroatoms. The van der Waals surface area contributed by atoms with Crippen molar-refractivity contribution < 1.29 is 0 Å². The lowest BCUT2D eigenvalue weighted by molar-refractivity contribution is 0.295. The molecule has 10 N–H and O–H groups in total. The molecule has 0 aromatic rings. The smallest absolute Gasteiger partial charge is 0.221 e. The van der Waals surface area contributed by atoms with E-state index in [1.807, 2.05) is 4.90 Å². The molecule has 0 aliphatic carbocycles. The Morgan fingerprint density at radius 2 is 1.11 bits per heavy atom. The predicted molar refractivity (Wildman–Crippen MR) is 170 cm³/mol. The standard InChI is InChI=1S/C26H56N10.2ClH/c1-5-9-15-21(7-3)19-35(25(31)33-23(27)28)17-13-11-12-14-18-36(26(32)34-24(29)30)20-22(8-4)16-10-6-2;;/h21-22H,5-20H2,1-4H3,(H5,27,28,31,33)(H5,29,30,32,34);2*1H. The normalized spacial score (nSPS) is 12.5. The van der Waals surface area contributed by atoms with Crippen molar-refractivity contribution in [2.75, 3.05) is 26.2 Å². The van der Waals surface area contributed by atoms with Gasteiger partial charge in [0.05, 0.1) is 0 Å². The van der Waals surface area contributed by atoms with Gasteiger partial charge < -0.3 is 32.7 Å². The van der Waals surface area contributed by atoms with Gasteiger partial charge in [0.1, 0.15) is 0 Å². The Labute approximate surface area is 244 Å². The first-order valence-corrected chi connectivity index (χ1v) is 14.0. The minimum absolute atomic E-state index is 0. The molecule has 226 valence electrons. The van der Waals surface area contributed by atoms with Crippen molar-refractivity contribution in [3.8, 4) is 0 Å². The molecule has 10 nitrogen and oxygen atoms in total. The fourth-order valence-corrected chi connectivity index (χ4v) is 4.39. The van der Waals surface area contributed by atoms with Gasteiger partial charge in [-0.15, -0.1) is 24.8 Å². The molecular formula is C26H58Cl2N10. The molecule has 0 radical (unpaired) electrons. The number of halogens is 2. The summed E-state index contributed by atoms with van der Waals surface area (Å²) in [5.74, 6) is 1.26. The summed E-state index contributed by atoms with van der Waals surface area (Å²) in [6.07, 6.45) is 13.3. The van der Waals surface area contributed by atoms with Crippen LogP contribution < -0.4 is 22.9 Å². The number of hydrogen-bond donors (Lipinski definition) is 6. The summed E-state index contributed by atoms with van der Waals surface area (Å²) >= 11 is 0. The lowest BCUT2D eigenvalue weighted by atomic mass is 9.98. The summed E-state index contributed by atoms with van der Waals surface area (Å²) in [5.41, 5.74) is 22.7. The second kappa shape index (κ2) is 25.3. The molecule has 0 saturated carbocycles. The van der Waals surface area contributed by atoms with E-state index in [1.54, 1.807) is 0 Å². The first-order chi connectivity index (χ1) is 17.2. The van der Waals surface area contributed by atoms with Gasteiger partial charge in [0.15, 0.2) is 11.9 Å². The highest BCUT2D eigenvalue weighted by Crippen LogP contribution is 2.17. The number of nitrogens with two attached hydrogens (primary N) is 4. The van der Waals surface area contributed by atoms with Gasteiger partial charge in [0, 0.05) is 26.2 Å². The monoisotopic (exact) mass is 580 g/mol. The minimum Gasteiger partial charge on any atom is -0.370 e. The number of unbranched alkanes of at least 4 members (excludes halogenated alkanes) is 5. The molecule has 2 atom stereocenters. The van der Waals surface area contributed by atoms with Crippen LogP contribution in [0.3, 0.4) is 0 Å². The van der Waals surface area contributed by atoms with Gasteiger partial charge in [-0.1, -0.05) is 79.1 Å². The van der Waals surface area contributed by atoms with Crippen LogP contribution in [0.25, 0.3) is 0 Å². The van der Waals surface area contributed by atoms with Gasteiger partial charge in [-0.05, 0) is 37.5 Å². The second-order valence-electron chi connectivity index (χ2n) is 9.85. The van der Waals surface area contributed by atoms with Crippen LogP contribution in [0.1, 0.15) is 105 Å². The molecule has 0 aliphatic heterocycles. The molecule has 0 rings (SSSR count). The Bertz CT molecular complexity index is 668. The van der Waals surface area contributed by atoms with E-state index >= 15 is 0 Å². The van der Waals surface area contributed by atoms with Crippen molar-refractivity contribution >= 4 is 48.7 Å². The van der Waals surface area contributed by atoms with E-state index in [1.165, 1.54) is 32.1 Å². The maximum atomic E-state index is 8.35. The Balaban J connectivity index is -0.00000612. The molecule has 38 heavy (non-hydrogen) atoms. The van der Waals surface area contributed by atoms with Gasteiger partial charge in [0.2, 0.25) is 11.9 Å². The Kier molecular flexibility index (Phi) is 27.0. The number of hydrogen-bond acceptors (Lipinski definition) is 2. The van der Waals surface area contributed by atoms with E-state index in [2.05, 4.69) is 42.6 Å². The van der Waals surface area contributed by atoms with Crippen molar-refractivity contribution in [3.63, 3.8) is 0 Å². The van der Waals surface area contributed by atoms with Crippen molar-refractivity contribution in [1.29, 1.82) is 10.8 Å².